The van der Waals surface area contributed by atoms with E-state index in [1.807, 2.05) is 6.07 Å². The van der Waals surface area contributed by atoms with Gasteiger partial charge < -0.3 is 15.0 Å². The molecule has 2 amide bonds. The van der Waals surface area contributed by atoms with E-state index in [1.54, 1.807) is 44.7 Å². The lowest BCUT2D eigenvalue weighted by Gasteiger charge is -2.25. The molecular weight excluding hydrogens is 516 g/mol. The number of amides is 2. The fourth-order valence-electron chi connectivity index (χ4n) is 3.97. The SMILES string of the molecule is Cc1c(C#N)cnc(N2CCCC(F)(F)CC2)c1C(=O)Nc1cccc([S@@](C)(=O)=NC(=O)OC(C)(C)C)c1. The lowest BCUT2D eigenvalue weighted by Crippen LogP contribution is -2.30. The number of halogens is 2. The predicted octanol–water partition coefficient (Wildman–Crippen LogP) is 5.53. The van der Waals surface area contributed by atoms with E-state index in [9.17, 15) is 27.8 Å². The summed E-state index contributed by atoms with van der Waals surface area (Å²) in [7, 11) is -3.20. The smallest absolute Gasteiger partial charge is 0.442 e. The highest BCUT2D eigenvalue weighted by atomic mass is 32.2. The highest BCUT2D eigenvalue weighted by molar-refractivity contribution is 7.93. The summed E-state index contributed by atoms with van der Waals surface area (Å²) in [5.74, 6) is -3.19. The first-order valence-corrected chi connectivity index (χ1v) is 13.9. The number of carbonyl (C=O) groups excluding carboxylic acids is 2. The Morgan fingerprint density at radius 3 is 2.63 bits per heavy atom. The van der Waals surface area contributed by atoms with Crippen molar-refractivity contribution < 1.29 is 27.3 Å². The molecule has 0 saturated carbocycles. The van der Waals surface area contributed by atoms with Crippen molar-refractivity contribution in [1.29, 1.82) is 5.26 Å². The molecular formula is C26H31F2N5O4S. The normalized spacial score (nSPS) is 16.9. The fraction of sp³-hybridized carbons (Fsp3) is 0.462. The minimum Gasteiger partial charge on any atom is -0.442 e. The van der Waals surface area contributed by atoms with Gasteiger partial charge in [0.25, 0.3) is 5.91 Å². The van der Waals surface area contributed by atoms with Crippen molar-refractivity contribution in [3.8, 4) is 6.07 Å². The number of benzene rings is 1. The van der Waals surface area contributed by atoms with Crippen LogP contribution in [0.15, 0.2) is 39.7 Å². The zero-order valence-electron chi connectivity index (χ0n) is 22.0. The molecule has 0 unspecified atom stereocenters. The molecule has 38 heavy (non-hydrogen) atoms. The Bertz CT molecular complexity index is 1410. The lowest BCUT2D eigenvalue weighted by atomic mass is 10.0. The molecule has 1 atom stereocenters. The van der Waals surface area contributed by atoms with Crippen molar-refractivity contribution in [2.45, 2.75) is 63.4 Å². The minimum absolute atomic E-state index is 0.00513. The summed E-state index contributed by atoms with van der Waals surface area (Å²) in [5, 5.41) is 12.2. The van der Waals surface area contributed by atoms with E-state index < -0.39 is 33.3 Å². The molecule has 1 saturated heterocycles. The van der Waals surface area contributed by atoms with E-state index in [1.165, 1.54) is 24.6 Å². The first-order chi connectivity index (χ1) is 17.6. The van der Waals surface area contributed by atoms with Crippen LogP contribution in [0.1, 0.15) is 61.5 Å². The number of nitriles is 1. The Morgan fingerprint density at radius 2 is 1.97 bits per heavy atom. The van der Waals surface area contributed by atoms with Crippen LogP contribution >= 0.6 is 0 Å². The summed E-state index contributed by atoms with van der Waals surface area (Å²) < 4.78 is 50.0. The van der Waals surface area contributed by atoms with E-state index in [4.69, 9.17) is 4.74 Å². The molecule has 3 rings (SSSR count). The van der Waals surface area contributed by atoms with Crippen LogP contribution in [0.5, 0.6) is 0 Å². The number of alkyl halides is 2. The van der Waals surface area contributed by atoms with Gasteiger partial charge in [0.2, 0.25) is 5.92 Å². The van der Waals surface area contributed by atoms with Gasteiger partial charge in [0.15, 0.2) is 0 Å². The van der Waals surface area contributed by atoms with Gasteiger partial charge in [-0.15, -0.1) is 4.36 Å². The Hall–Kier alpha value is -3.59. The monoisotopic (exact) mass is 547 g/mol. The third-order valence-electron chi connectivity index (χ3n) is 5.86. The third kappa shape index (κ3) is 7.25. The molecule has 1 aliphatic rings. The molecule has 9 nitrogen and oxygen atoms in total. The van der Waals surface area contributed by atoms with Gasteiger partial charge >= 0.3 is 6.09 Å². The van der Waals surface area contributed by atoms with Crippen molar-refractivity contribution in [1.82, 2.24) is 4.98 Å². The molecule has 0 radical (unpaired) electrons. The number of ether oxygens (including phenoxy) is 1. The maximum atomic E-state index is 14.0. The molecule has 0 spiro atoms. The van der Waals surface area contributed by atoms with E-state index in [-0.39, 0.29) is 59.9 Å². The van der Waals surface area contributed by atoms with Crippen LogP contribution < -0.4 is 10.2 Å². The predicted molar refractivity (Wildman–Crippen MR) is 140 cm³/mol. The van der Waals surface area contributed by atoms with E-state index in [0.29, 0.717) is 5.56 Å². The molecule has 0 aliphatic carbocycles. The standard InChI is InChI=1S/C26H31F2N5O4S/c1-17-18(15-29)16-30-22(33-12-7-10-26(27,28)11-13-33)21(17)23(34)31-19-8-6-9-20(14-19)38(5,36)32-24(35)37-25(2,3)4/h6,8-9,14,16H,7,10-13H2,1-5H3,(H,31,34)/t38-/m1/s1. The highest BCUT2D eigenvalue weighted by Gasteiger charge is 2.33. The Labute approximate surface area is 221 Å². The van der Waals surface area contributed by atoms with Gasteiger partial charge in [0.1, 0.15) is 17.5 Å². The molecule has 1 aromatic carbocycles. The summed E-state index contributed by atoms with van der Waals surface area (Å²) in [5.41, 5.74) is 0.0883. The van der Waals surface area contributed by atoms with Gasteiger partial charge in [-0.3, -0.25) is 4.79 Å². The average molecular weight is 548 g/mol. The van der Waals surface area contributed by atoms with Crippen LogP contribution in [0.2, 0.25) is 0 Å². The zero-order valence-corrected chi connectivity index (χ0v) is 22.8. The second kappa shape index (κ2) is 11.0. The molecule has 1 aromatic heterocycles. The number of aromatic nitrogens is 1. The molecule has 1 N–H and O–H groups in total. The fourth-order valence-corrected chi connectivity index (χ4v) is 5.07. The van der Waals surface area contributed by atoms with E-state index in [0.717, 1.165) is 0 Å². The van der Waals surface area contributed by atoms with Gasteiger partial charge in [0.05, 0.1) is 20.9 Å². The summed E-state index contributed by atoms with van der Waals surface area (Å²) in [6.07, 6.45) is 1.25. The third-order valence-corrected chi connectivity index (χ3v) is 7.48. The largest absolute Gasteiger partial charge is 0.442 e. The van der Waals surface area contributed by atoms with Crippen LogP contribution in [-0.2, 0) is 14.5 Å². The van der Waals surface area contributed by atoms with Crippen LogP contribution in [0.4, 0.5) is 25.1 Å². The van der Waals surface area contributed by atoms with Crippen molar-refractivity contribution in [3.63, 3.8) is 0 Å². The Morgan fingerprint density at radius 1 is 1.26 bits per heavy atom. The topological polar surface area (TPSA) is 125 Å². The molecule has 2 heterocycles. The van der Waals surface area contributed by atoms with Gasteiger partial charge in [-0.2, -0.15) is 5.26 Å². The average Bonchev–Trinajstić information content (AvgIpc) is 2.97. The van der Waals surface area contributed by atoms with E-state index >= 15 is 0 Å². The Balaban J connectivity index is 1.94. The van der Waals surface area contributed by atoms with Crippen molar-refractivity contribution in [2.75, 3.05) is 29.6 Å². The number of carbonyl (C=O) groups is 2. The Kier molecular flexibility index (Phi) is 8.41. The second-order valence-electron chi connectivity index (χ2n) is 10.2. The quantitative estimate of drug-likeness (QED) is 0.533. The number of nitrogens with one attached hydrogen (secondary N) is 1. The van der Waals surface area contributed by atoms with Crippen LogP contribution in [-0.4, -0.2) is 52.1 Å². The number of anilines is 2. The van der Waals surface area contributed by atoms with Crippen LogP contribution in [0.25, 0.3) is 0 Å². The highest BCUT2D eigenvalue weighted by Crippen LogP contribution is 2.32. The lowest BCUT2D eigenvalue weighted by molar-refractivity contribution is -0.0102. The van der Waals surface area contributed by atoms with Crippen molar-refractivity contribution in [3.05, 3.63) is 47.2 Å². The molecule has 1 fully saturated rings. The summed E-state index contributed by atoms with van der Waals surface area (Å²) in [6.45, 7) is 6.88. The van der Waals surface area contributed by atoms with Crippen LogP contribution in [0.3, 0.4) is 0 Å². The van der Waals surface area contributed by atoms with Crippen molar-refractivity contribution in [2.24, 2.45) is 4.36 Å². The maximum absolute atomic E-state index is 14.0. The number of hydrogen-bond donors (Lipinski definition) is 1. The molecule has 12 heteroatoms. The van der Waals surface area contributed by atoms with Crippen molar-refractivity contribution >= 4 is 33.2 Å². The summed E-state index contributed by atoms with van der Waals surface area (Å²) >= 11 is 0. The number of rotatable bonds is 4. The number of pyridine rings is 1. The second-order valence-corrected chi connectivity index (χ2v) is 12.4. The zero-order chi connectivity index (χ0) is 28.3. The summed E-state index contributed by atoms with van der Waals surface area (Å²) in [4.78, 5) is 31.7. The first kappa shape index (κ1) is 29.0. The molecule has 0 bridgehead atoms. The molecule has 2 aromatic rings. The number of hydrogen-bond acceptors (Lipinski definition) is 7. The number of nitrogens with zero attached hydrogens (tertiary/aromatic N) is 4. The van der Waals surface area contributed by atoms with E-state index in [2.05, 4.69) is 14.7 Å². The minimum atomic E-state index is -3.20. The van der Waals surface area contributed by atoms with Gasteiger partial charge in [0, 0.05) is 49.0 Å². The van der Waals surface area contributed by atoms with Gasteiger partial charge in [-0.05, 0) is 57.9 Å². The van der Waals surface area contributed by atoms with Crippen LogP contribution in [0, 0.1) is 18.3 Å². The molecule has 1 aliphatic heterocycles. The molecule has 204 valence electrons. The summed E-state index contributed by atoms with van der Waals surface area (Å²) in [6, 6.07) is 8.05. The first-order valence-electron chi connectivity index (χ1n) is 12.0. The van der Waals surface area contributed by atoms with Gasteiger partial charge in [-0.1, -0.05) is 6.07 Å². The van der Waals surface area contributed by atoms with Gasteiger partial charge in [-0.25, -0.2) is 22.8 Å². The maximum Gasteiger partial charge on any atom is 0.442 e.